The van der Waals surface area contributed by atoms with Crippen LogP contribution in [0.15, 0.2) is 12.1 Å². The molecule has 0 radical (unpaired) electrons. The van der Waals surface area contributed by atoms with Crippen LogP contribution in [-0.4, -0.2) is 75.4 Å². The summed E-state index contributed by atoms with van der Waals surface area (Å²) in [5.41, 5.74) is 1.37. The first-order chi connectivity index (χ1) is 12.8. The highest BCUT2D eigenvalue weighted by atomic mass is 32.2. The van der Waals surface area contributed by atoms with E-state index in [0.29, 0.717) is 32.0 Å². The Balaban J connectivity index is 1.57. The summed E-state index contributed by atoms with van der Waals surface area (Å²) in [5.74, 6) is 0.873. The first kappa shape index (κ1) is 19.8. The Morgan fingerprint density at radius 2 is 2.00 bits per heavy atom. The summed E-state index contributed by atoms with van der Waals surface area (Å²) in [4.78, 5) is 19.1. The summed E-state index contributed by atoms with van der Waals surface area (Å²) < 4.78 is 30.1. The van der Waals surface area contributed by atoms with E-state index in [2.05, 4.69) is 20.5 Å². The van der Waals surface area contributed by atoms with Gasteiger partial charge in [0.05, 0.1) is 30.9 Å². The first-order valence-corrected chi connectivity index (χ1v) is 11.0. The first-order valence-electron chi connectivity index (χ1n) is 9.16. The van der Waals surface area contributed by atoms with Crippen LogP contribution in [0.3, 0.4) is 0 Å². The smallest absolute Gasteiger partial charge is 0.319 e. The van der Waals surface area contributed by atoms with Crippen molar-refractivity contribution in [3.63, 3.8) is 0 Å². The maximum Gasteiger partial charge on any atom is 0.319 e. The third-order valence-electron chi connectivity index (χ3n) is 4.84. The average molecular weight is 398 g/mol. The van der Waals surface area contributed by atoms with Crippen LogP contribution >= 0.6 is 0 Å². The fourth-order valence-corrected chi connectivity index (χ4v) is 4.27. The summed E-state index contributed by atoms with van der Waals surface area (Å²) in [6.07, 6.45) is 2.68. The number of sulfonamides is 1. The normalized spacial score (nSPS) is 21.7. The summed E-state index contributed by atoms with van der Waals surface area (Å²) in [6.45, 7) is 5.65. The molecule has 2 aliphatic rings. The van der Waals surface area contributed by atoms with E-state index in [0.717, 1.165) is 37.4 Å². The minimum absolute atomic E-state index is 0.200. The highest BCUT2D eigenvalue weighted by Crippen LogP contribution is 2.20. The quantitative estimate of drug-likeness (QED) is 0.778. The van der Waals surface area contributed by atoms with E-state index in [-0.39, 0.29) is 12.1 Å². The number of piperidine rings is 1. The second-order valence-electron chi connectivity index (χ2n) is 6.96. The minimum atomic E-state index is -3.24. The molecule has 0 saturated carbocycles. The maximum absolute atomic E-state index is 12.3. The van der Waals surface area contributed by atoms with Crippen LogP contribution in [0.25, 0.3) is 0 Å². The fraction of sp³-hybridized carbons (Fsp3) is 0.647. The lowest BCUT2D eigenvalue weighted by atomic mass is 10.1. The van der Waals surface area contributed by atoms with Crippen LogP contribution in [0.2, 0.25) is 0 Å². The molecule has 27 heavy (non-hydrogen) atoms. The Labute approximate surface area is 160 Å². The Kier molecular flexibility index (Phi) is 6.18. The van der Waals surface area contributed by atoms with Crippen molar-refractivity contribution in [3.8, 4) is 0 Å². The third-order valence-corrected chi connectivity index (χ3v) is 6.11. The number of amides is 2. The van der Waals surface area contributed by atoms with Crippen LogP contribution < -0.4 is 15.5 Å². The van der Waals surface area contributed by atoms with E-state index in [4.69, 9.17) is 4.74 Å². The van der Waals surface area contributed by atoms with Crippen LogP contribution in [0.4, 0.5) is 16.3 Å². The zero-order valence-electron chi connectivity index (χ0n) is 15.8. The number of pyridine rings is 1. The zero-order valence-corrected chi connectivity index (χ0v) is 16.6. The number of aromatic nitrogens is 1. The number of aryl methyl sites for hydroxylation is 1. The molecule has 1 aromatic heterocycles. The molecule has 2 amide bonds. The van der Waals surface area contributed by atoms with Crippen molar-refractivity contribution in [2.75, 3.05) is 55.9 Å². The van der Waals surface area contributed by atoms with Gasteiger partial charge in [-0.05, 0) is 31.9 Å². The number of rotatable bonds is 4. The van der Waals surface area contributed by atoms with Crippen LogP contribution in [-0.2, 0) is 14.8 Å². The van der Waals surface area contributed by atoms with Gasteiger partial charge in [-0.2, -0.15) is 0 Å². The highest BCUT2D eigenvalue weighted by Gasteiger charge is 2.27. The molecule has 3 heterocycles. The third kappa shape index (κ3) is 5.30. The molecule has 1 atom stereocenters. The van der Waals surface area contributed by atoms with E-state index in [9.17, 15) is 13.2 Å². The number of nitrogens with zero attached hydrogens (tertiary/aromatic N) is 3. The second kappa shape index (κ2) is 8.41. The lowest BCUT2D eigenvalue weighted by Crippen LogP contribution is -2.50. The number of ether oxygens (including phenoxy) is 1. The minimum Gasteiger partial charge on any atom is -0.378 e. The van der Waals surface area contributed by atoms with Crippen molar-refractivity contribution in [2.24, 2.45) is 0 Å². The molecular weight excluding hydrogens is 370 g/mol. The van der Waals surface area contributed by atoms with Gasteiger partial charge in [0.1, 0.15) is 5.82 Å². The predicted molar refractivity (Wildman–Crippen MR) is 104 cm³/mol. The lowest BCUT2D eigenvalue weighted by Gasteiger charge is -2.31. The van der Waals surface area contributed by atoms with Crippen molar-refractivity contribution in [2.45, 2.75) is 25.8 Å². The van der Waals surface area contributed by atoms with Crippen LogP contribution in [0, 0.1) is 6.92 Å². The number of morpholine rings is 1. The standard InChI is InChI=1S/C17H27N5O4S/c1-13-15(5-6-16(18-13)21-8-10-26-11-9-21)20-17(23)19-14-4-3-7-22(12-14)27(2,24)25/h5-6,14H,3-4,7-12H2,1-2H3,(H2,19,20,23). The molecule has 0 bridgehead atoms. The van der Waals surface area contributed by atoms with Crippen molar-refractivity contribution < 1.29 is 17.9 Å². The SMILES string of the molecule is Cc1nc(N2CCOCC2)ccc1NC(=O)NC1CCCN(S(C)(=O)=O)C1. The fourth-order valence-electron chi connectivity index (χ4n) is 3.35. The summed E-state index contributed by atoms with van der Waals surface area (Å²) in [5, 5.41) is 5.68. The lowest BCUT2D eigenvalue weighted by molar-refractivity contribution is 0.122. The van der Waals surface area contributed by atoms with Gasteiger partial charge in [0.2, 0.25) is 10.0 Å². The summed E-state index contributed by atoms with van der Waals surface area (Å²) in [6, 6.07) is 3.18. The Hall–Kier alpha value is -1.91. The monoisotopic (exact) mass is 397 g/mol. The second-order valence-corrected chi connectivity index (χ2v) is 8.94. The van der Waals surface area contributed by atoms with Crippen molar-refractivity contribution in [1.82, 2.24) is 14.6 Å². The number of hydrogen-bond donors (Lipinski definition) is 2. The maximum atomic E-state index is 12.3. The molecule has 10 heteroatoms. The molecule has 2 saturated heterocycles. The summed E-state index contributed by atoms with van der Waals surface area (Å²) in [7, 11) is -3.24. The molecule has 2 aliphatic heterocycles. The van der Waals surface area contributed by atoms with Crippen LogP contribution in [0.5, 0.6) is 0 Å². The van der Waals surface area contributed by atoms with E-state index >= 15 is 0 Å². The largest absolute Gasteiger partial charge is 0.378 e. The van der Waals surface area contributed by atoms with E-state index in [1.54, 1.807) is 0 Å². The van der Waals surface area contributed by atoms with Gasteiger partial charge in [0.15, 0.2) is 0 Å². The van der Waals surface area contributed by atoms with Crippen molar-refractivity contribution in [3.05, 3.63) is 17.8 Å². The van der Waals surface area contributed by atoms with Gasteiger partial charge in [0.25, 0.3) is 0 Å². The molecule has 3 rings (SSSR count). The number of carbonyl (C=O) groups excluding carboxylic acids is 1. The average Bonchev–Trinajstić information content (AvgIpc) is 2.63. The zero-order chi connectivity index (χ0) is 19.4. The molecule has 9 nitrogen and oxygen atoms in total. The number of hydrogen-bond acceptors (Lipinski definition) is 6. The molecule has 150 valence electrons. The van der Waals surface area contributed by atoms with E-state index in [1.807, 2.05) is 19.1 Å². The molecule has 2 N–H and O–H groups in total. The van der Waals surface area contributed by atoms with Gasteiger partial charge in [-0.15, -0.1) is 0 Å². The Morgan fingerprint density at radius 1 is 1.26 bits per heavy atom. The van der Waals surface area contributed by atoms with Gasteiger partial charge >= 0.3 is 6.03 Å². The topological polar surface area (TPSA) is 104 Å². The molecule has 0 aliphatic carbocycles. The van der Waals surface area contributed by atoms with Gasteiger partial charge in [0, 0.05) is 32.2 Å². The van der Waals surface area contributed by atoms with Gasteiger partial charge in [-0.1, -0.05) is 0 Å². The number of carbonyl (C=O) groups is 1. The highest BCUT2D eigenvalue weighted by molar-refractivity contribution is 7.88. The molecule has 2 fully saturated rings. The number of urea groups is 1. The van der Waals surface area contributed by atoms with Gasteiger partial charge in [-0.25, -0.2) is 22.5 Å². The number of nitrogens with one attached hydrogen (secondary N) is 2. The Morgan fingerprint density at radius 3 is 2.67 bits per heavy atom. The van der Waals surface area contributed by atoms with E-state index < -0.39 is 10.0 Å². The van der Waals surface area contributed by atoms with Crippen molar-refractivity contribution >= 4 is 27.6 Å². The van der Waals surface area contributed by atoms with Gasteiger partial charge in [-0.3, -0.25) is 0 Å². The molecule has 1 aromatic rings. The molecule has 0 aromatic carbocycles. The summed E-state index contributed by atoms with van der Waals surface area (Å²) >= 11 is 0. The van der Waals surface area contributed by atoms with Gasteiger partial charge < -0.3 is 20.3 Å². The number of anilines is 2. The van der Waals surface area contributed by atoms with E-state index in [1.165, 1.54) is 10.6 Å². The van der Waals surface area contributed by atoms with Crippen molar-refractivity contribution in [1.29, 1.82) is 0 Å². The molecule has 1 unspecified atom stereocenters. The molecular formula is C17H27N5O4S. The van der Waals surface area contributed by atoms with Crippen LogP contribution in [0.1, 0.15) is 18.5 Å². The molecule has 0 spiro atoms. The predicted octanol–water partition coefficient (Wildman–Crippen LogP) is 0.772. The Bertz CT molecular complexity index is 780.